The van der Waals surface area contributed by atoms with Gasteiger partial charge in [-0.2, -0.15) is 0 Å². The summed E-state index contributed by atoms with van der Waals surface area (Å²) in [6.07, 6.45) is 3.45. The molecule has 2 aromatic heterocycles. The van der Waals surface area contributed by atoms with Gasteiger partial charge in [0, 0.05) is 13.2 Å². The van der Waals surface area contributed by atoms with Gasteiger partial charge in [0.25, 0.3) is 0 Å². The maximum Gasteiger partial charge on any atom is 0.197 e. The van der Waals surface area contributed by atoms with Crippen LogP contribution in [0.5, 0.6) is 0 Å². The topological polar surface area (TPSA) is 59.4 Å². The zero-order chi connectivity index (χ0) is 9.26. The van der Waals surface area contributed by atoms with Gasteiger partial charge in [0.05, 0.1) is 11.9 Å². The summed E-state index contributed by atoms with van der Waals surface area (Å²) in [6, 6.07) is 1.81. The minimum atomic E-state index is 0.447. The van der Waals surface area contributed by atoms with Crippen molar-refractivity contribution < 1.29 is 0 Å². The van der Waals surface area contributed by atoms with Crippen LogP contribution in [0.15, 0.2) is 18.5 Å². The summed E-state index contributed by atoms with van der Waals surface area (Å²) in [5.74, 6) is 0. The average molecular weight is 193 g/mol. The van der Waals surface area contributed by atoms with Gasteiger partial charge in [-0.15, -0.1) is 5.10 Å². The molecule has 2 rings (SSSR count). The molecular formula is C7H7N5S. The number of nitrogens with one attached hydrogen (secondary N) is 1. The predicted molar refractivity (Wildman–Crippen MR) is 49.4 cm³/mol. The Bertz CT molecular complexity index is 471. The van der Waals surface area contributed by atoms with Gasteiger partial charge in [-0.3, -0.25) is 4.68 Å². The van der Waals surface area contributed by atoms with Gasteiger partial charge in [0.1, 0.15) is 5.69 Å². The van der Waals surface area contributed by atoms with E-state index in [9.17, 15) is 0 Å². The van der Waals surface area contributed by atoms with Crippen molar-refractivity contribution in [2.24, 2.45) is 7.05 Å². The molecule has 0 saturated carbocycles. The van der Waals surface area contributed by atoms with E-state index in [1.54, 1.807) is 23.1 Å². The van der Waals surface area contributed by atoms with E-state index in [0.717, 1.165) is 11.4 Å². The summed E-state index contributed by atoms with van der Waals surface area (Å²) in [5.41, 5.74) is 1.59. The fourth-order valence-electron chi connectivity index (χ4n) is 0.989. The highest BCUT2D eigenvalue weighted by molar-refractivity contribution is 7.71. The molecule has 66 valence electrons. The van der Waals surface area contributed by atoms with Crippen LogP contribution in [0.3, 0.4) is 0 Å². The Labute approximate surface area is 79.4 Å². The van der Waals surface area contributed by atoms with Gasteiger partial charge in [0.2, 0.25) is 0 Å². The van der Waals surface area contributed by atoms with Crippen molar-refractivity contribution in [1.82, 2.24) is 25.0 Å². The molecule has 0 bridgehead atoms. The zero-order valence-corrected chi connectivity index (χ0v) is 7.75. The Kier molecular flexibility index (Phi) is 1.90. The molecule has 1 N–H and O–H groups in total. The van der Waals surface area contributed by atoms with Crippen LogP contribution in [-0.2, 0) is 7.05 Å². The fraction of sp³-hybridized carbons (Fsp3) is 0.143. The van der Waals surface area contributed by atoms with Crippen molar-refractivity contribution in [3.8, 4) is 11.4 Å². The van der Waals surface area contributed by atoms with Gasteiger partial charge in [-0.05, 0) is 18.3 Å². The summed E-state index contributed by atoms with van der Waals surface area (Å²) < 4.78 is 2.08. The van der Waals surface area contributed by atoms with Crippen LogP contribution in [0.1, 0.15) is 0 Å². The second kappa shape index (κ2) is 3.06. The van der Waals surface area contributed by atoms with Crippen LogP contribution in [0, 0.1) is 4.77 Å². The SMILES string of the molecule is Cn1cc(-c2ccnc(=S)[nH]2)nn1. The van der Waals surface area contributed by atoms with E-state index in [0.29, 0.717) is 4.77 Å². The molecule has 0 unspecified atom stereocenters. The van der Waals surface area contributed by atoms with Crippen LogP contribution in [0.4, 0.5) is 0 Å². The van der Waals surface area contributed by atoms with Gasteiger partial charge < -0.3 is 4.98 Å². The summed E-state index contributed by atoms with van der Waals surface area (Å²) in [7, 11) is 1.81. The molecule has 0 aliphatic heterocycles. The smallest absolute Gasteiger partial charge is 0.197 e. The quantitative estimate of drug-likeness (QED) is 0.684. The Hall–Kier alpha value is -1.56. The summed E-state index contributed by atoms with van der Waals surface area (Å²) >= 11 is 4.88. The lowest BCUT2D eigenvalue weighted by molar-refractivity contribution is 0.715. The molecule has 13 heavy (non-hydrogen) atoms. The fourth-order valence-corrected chi connectivity index (χ4v) is 1.16. The van der Waals surface area contributed by atoms with E-state index < -0.39 is 0 Å². The lowest BCUT2D eigenvalue weighted by Gasteiger charge is -1.93. The number of aromatic amines is 1. The second-order valence-corrected chi connectivity index (χ2v) is 2.95. The highest BCUT2D eigenvalue weighted by Crippen LogP contribution is 2.10. The van der Waals surface area contributed by atoms with Crippen LogP contribution in [-0.4, -0.2) is 25.0 Å². The van der Waals surface area contributed by atoms with Gasteiger partial charge in [-0.25, -0.2) is 4.98 Å². The first-order valence-corrected chi connectivity index (χ1v) is 4.08. The molecule has 0 aromatic carbocycles. The standard InChI is InChI=1S/C7H7N5S/c1-12-4-6(10-11-12)5-2-3-8-7(13)9-5/h2-4H,1H3,(H,8,9,13). The van der Waals surface area contributed by atoms with Crippen LogP contribution in [0.25, 0.3) is 11.4 Å². The number of hydrogen-bond acceptors (Lipinski definition) is 4. The van der Waals surface area contributed by atoms with Gasteiger partial charge in [-0.1, -0.05) is 5.21 Å². The van der Waals surface area contributed by atoms with Crippen LogP contribution >= 0.6 is 12.2 Å². The largest absolute Gasteiger partial charge is 0.329 e. The average Bonchev–Trinajstić information content (AvgIpc) is 2.52. The van der Waals surface area contributed by atoms with E-state index in [1.165, 1.54) is 0 Å². The number of hydrogen-bond donors (Lipinski definition) is 1. The molecule has 0 saturated heterocycles. The van der Waals surface area contributed by atoms with Crippen molar-refractivity contribution in [3.63, 3.8) is 0 Å². The molecule has 0 spiro atoms. The van der Waals surface area contributed by atoms with Crippen LogP contribution in [0.2, 0.25) is 0 Å². The maximum atomic E-state index is 4.88. The Morgan fingerprint density at radius 2 is 2.38 bits per heavy atom. The van der Waals surface area contributed by atoms with Crippen molar-refractivity contribution in [2.75, 3.05) is 0 Å². The Morgan fingerprint density at radius 1 is 1.54 bits per heavy atom. The number of rotatable bonds is 1. The molecule has 2 aromatic rings. The first-order chi connectivity index (χ1) is 6.25. The second-order valence-electron chi connectivity index (χ2n) is 2.57. The minimum absolute atomic E-state index is 0.447. The number of H-pyrrole nitrogens is 1. The predicted octanol–water partition coefficient (Wildman–Crippen LogP) is 0.935. The molecule has 0 fully saturated rings. The molecule has 0 amide bonds. The lowest BCUT2D eigenvalue weighted by Crippen LogP contribution is -1.85. The molecule has 0 atom stereocenters. The summed E-state index contributed by atoms with van der Waals surface area (Å²) in [4.78, 5) is 6.80. The first kappa shape index (κ1) is 8.06. The summed E-state index contributed by atoms with van der Waals surface area (Å²) in [6.45, 7) is 0. The third-order valence-electron chi connectivity index (χ3n) is 1.55. The molecule has 5 nitrogen and oxygen atoms in total. The molecule has 2 heterocycles. The number of nitrogens with zero attached hydrogens (tertiary/aromatic N) is 4. The molecule has 6 heteroatoms. The van der Waals surface area contributed by atoms with Crippen molar-refractivity contribution in [3.05, 3.63) is 23.2 Å². The van der Waals surface area contributed by atoms with Crippen LogP contribution < -0.4 is 0 Å². The van der Waals surface area contributed by atoms with Gasteiger partial charge in [0.15, 0.2) is 4.77 Å². The van der Waals surface area contributed by atoms with E-state index in [2.05, 4.69) is 20.3 Å². The number of aromatic nitrogens is 5. The third kappa shape index (κ3) is 1.62. The molecular weight excluding hydrogens is 186 g/mol. The van der Waals surface area contributed by atoms with Crippen molar-refractivity contribution >= 4 is 12.2 Å². The maximum absolute atomic E-state index is 4.88. The van der Waals surface area contributed by atoms with E-state index in [-0.39, 0.29) is 0 Å². The van der Waals surface area contributed by atoms with E-state index >= 15 is 0 Å². The van der Waals surface area contributed by atoms with Crippen molar-refractivity contribution in [1.29, 1.82) is 0 Å². The normalized spacial score (nSPS) is 10.2. The molecule has 0 radical (unpaired) electrons. The number of aryl methyl sites for hydroxylation is 1. The molecule has 0 aliphatic rings. The summed E-state index contributed by atoms with van der Waals surface area (Å²) in [5, 5.41) is 7.75. The van der Waals surface area contributed by atoms with E-state index in [1.807, 2.05) is 7.05 Å². The Balaban J connectivity index is 2.52. The molecule has 0 aliphatic carbocycles. The minimum Gasteiger partial charge on any atom is -0.329 e. The third-order valence-corrected chi connectivity index (χ3v) is 1.76. The van der Waals surface area contributed by atoms with E-state index in [4.69, 9.17) is 12.2 Å². The van der Waals surface area contributed by atoms with Crippen molar-refractivity contribution in [2.45, 2.75) is 0 Å². The first-order valence-electron chi connectivity index (χ1n) is 3.68. The lowest BCUT2D eigenvalue weighted by atomic mass is 10.3. The highest BCUT2D eigenvalue weighted by atomic mass is 32.1. The monoisotopic (exact) mass is 193 g/mol. The Morgan fingerprint density at radius 3 is 3.00 bits per heavy atom. The highest BCUT2D eigenvalue weighted by Gasteiger charge is 2.01. The zero-order valence-electron chi connectivity index (χ0n) is 6.93. The van der Waals surface area contributed by atoms with Gasteiger partial charge >= 0.3 is 0 Å².